The summed E-state index contributed by atoms with van der Waals surface area (Å²) in [6, 6.07) is 9.49. The van der Waals surface area contributed by atoms with E-state index in [9.17, 15) is 0 Å². The third-order valence-electron chi connectivity index (χ3n) is 3.28. The Bertz CT molecular complexity index is 306. The van der Waals surface area contributed by atoms with Crippen molar-refractivity contribution in [1.29, 1.82) is 0 Å². The fraction of sp³-hybridized carbons (Fsp3) is 0.538. The molecule has 1 aromatic carbocycles. The molecule has 1 aliphatic heterocycles. The molecule has 1 aromatic rings. The summed E-state index contributed by atoms with van der Waals surface area (Å²) in [6.45, 7) is 5.64. The van der Waals surface area contributed by atoms with Crippen LogP contribution in [0, 0.1) is 12.8 Å². The smallest absolute Gasteiger partial charge is 0.0349 e. The zero-order valence-electron chi connectivity index (χ0n) is 9.09. The van der Waals surface area contributed by atoms with E-state index < -0.39 is 0 Å². The molecule has 2 atom stereocenters. The quantitative estimate of drug-likeness (QED) is 0.754. The van der Waals surface area contributed by atoms with Crippen molar-refractivity contribution in [2.75, 3.05) is 6.54 Å². The Balaban J connectivity index is 2.21. The molecule has 0 amide bonds. The van der Waals surface area contributed by atoms with Crippen molar-refractivity contribution < 1.29 is 0 Å². The highest BCUT2D eigenvalue weighted by Crippen LogP contribution is 2.31. The maximum Gasteiger partial charge on any atom is 0.0349 e. The van der Waals surface area contributed by atoms with Crippen molar-refractivity contribution in [3.8, 4) is 0 Å². The molecule has 1 heterocycles. The molecule has 0 bridgehead atoms. The number of hydrogen-bond donors (Lipinski definition) is 1. The Hall–Kier alpha value is -0.820. The molecule has 0 aromatic heterocycles. The van der Waals surface area contributed by atoms with E-state index in [2.05, 4.69) is 43.4 Å². The van der Waals surface area contributed by atoms with Gasteiger partial charge in [0.15, 0.2) is 0 Å². The molecule has 1 nitrogen and oxygen atoms in total. The molecular formula is C13H19N. The first-order chi connectivity index (χ1) is 6.81. The Morgan fingerprint density at radius 1 is 1.43 bits per heavy atom. The lowest BCUT2D eigenvalue weighted by molar-refractivity contribution is 0.449. The van der Waals surface area contributed by atoms with Gasteiger partial charge in [0.25, 0.3) is 0 Å². The van der Waals surface area contributed by atoms with Crippen LogP contribution in [-0.2, 0) is 0 Å². The molecule has 1 fully saturated rings. The fourth-order valence-electron chi connectivity index (χ4n) is 2.45. The average molecular weight is 189 g/mol. The molecule has 0 radical (unpaired) electrons. The topological polar surface area (TPSA) is 12.0 Å². The Morgan fingerprint density at radius 3 is 3.00 bits per heavy atom. The molecule has 1 aliphatic rings. The van der Waals surface area contributed by atoms with E-state index in [1.54, 1.807) is 0 Å². The lowest BCUT2D eigenvalue weighted by Crippen LogP contribution is -2.17. The third-order valence-corrected chi connectivity index (χ3v) is 3.28. The van der Waals surface area contributed by atoms with Crippen LogP contribution in [-0.4, -0.2) is 6.54 Å². The fourth-order valence-corrected chi connectivity index (χ4v) is 2.45. The lowest BCUT2D eigenvalue weighted by atomic mass is 9.91. The minimum Gasteiger partial charge on any atom is -0.310 e. The van der Waals surface area contributed by atoms with E-state index in [1.807, 2.05) is 0 Å². The van der Waals surface area contributed by atoms with Gasteiger partial charge in [-0.3, -0.25) is 0 Å². The number of benzene rings is 1. The van der Waals surface area contributed by atoms with Crippen LogP contribution in [0.2, 0.25) is 0 Å². The monoisotopic (exact) mass is 189 g/mol. The first kappa shape index (κ1) is 9.72. The van der Waals surface area contributed by atoms with E-state index in [-0.39, 0.29) is 0 Å². The van der Waals surface area contributed by atoms with E-state index in [0.29, 0.717) is 6.04 Å². The average Bonchev–Trinajstić information content (AvgIpc) is 2.65. The van der Waals surface area contributed by atoms with Gasteiger partial charge < -0.3 is 5.32 Å². The van der Waals surface area contributed by atoms with Gasteiger partial charge in [-0.2, -0.15) is 0 Å². The Labute approximate surface area is 86.5 Å². The second-order valence-electron chi connectivity index (χ2n) is 4.30. The Morgan fingerprint density at radius 2 is 2.29 bits per heavy atom. The van der Waals surface area contributed by atoms with Gasteiger partial charge in [-0.05, 0) is 31.4 Å². The SMILES string of the molecule is CCC1CCNC1c1cccc(C)c1. The summed E-state index contributed by atoms with van der Waals surface area (Å²) in [5, 5.41) is 3.60. The van der Waals surface area contributed by atoms with Crippen LogP contribution in [0.5, 0.6) is 0 Å². The molecular weight excluding hydrogens is 170 g/mol. The first-order valence-corrected chi connectivity index (χ1v) is 5.61. The highest BCUT2D eigenvalue weighted by molar-refractivity contribution is 5.26. The normalized spacial score (nSPS) is 26.7. The summed E-state index contributed by atoms with van der Waals surface area (Å²) in [4.78, 5) is 0. The highest BCUT2D eigenvalue weighted by Gasteiger charge is 2.26. The highest BCUT2D eigenvalue weighted by atomic mass is 14.9. The van der Waals surface area contributed by atoms with Crippen LogP contribution in [0.1, 0.15) is 36.9 Å². The van der Waals surface area contributed by atoms with Crippen LogP contribution < -0.4 is 5.32 Å². The molecule has 2 rings (SSSR count). The maximum atomic E-state index is 3.60. The van der Waals surface area contributed by atoms with Crippen LogP contribution in [0.25, 0.3) is 0 Å². The van der Waals surface area contributed by atoms with Gasteiger partial charge >= 0.3 is 0 Å². The number of hydrogen-bond acceptors (Lipinski definition) is 1. The van der Waals surface area contributed by atoms with Gasteiger partial charge in [0.1, 0.15) is 0 Å². The molecule has 1 heteroatoms. The summed E-state index contributed by atoms with van der Waals surface area (Å²) >= 11 is 0. The summed E-state index contributed by atoms with van der Waals surface area (Å²) in [5.74, 6) is 0.830. The van der Waals surface area contributed by atoms with E-state index in [1.165, 1.54) is 30.5 Å². The molecule has 2 unspecified atom stereocenters. The van der Waals surface area contributed by atoms with Crippen LogP contribution in [0.3, 0.4) is 0 Å². The second-order valence-corrected chi connectivity index (χ2v) is 4.30. The van der Waals surface area contributed by atoms with E-state index in [4.69, 9.17) is 0 Å². The van der Waals surface area contributed by atoms with Gasteiger partial charge in [0, 0.05) is 6.04 Å². The zero-order valence-corrected chi connectivity index (χ0v) is 9.09. The second kappa shape index (κ2) is 4.14. The van der Waals surface area contributed by atoms with E-state index in [0.717, 1.165) is 5.92 Å². The molecule has 76 valence electrons. The summed E-state index contributed by atoms with van der Waals surface area (Å²) in [6.07, 6.45) is 2.61. The van der Waals surface area contributed by atoms with Gasteiger partial charge in [-0.15, -0.1) is 0 Å². The predicted octanol–water partition coefficient (Wildman–Crippen LogP) is 3.06. The van der Waals surface area contributed by atoms with E-state index >= 15 is 0 Å². The van der Waals surface area contributed by atoms with Crippen molar-refractivity contribution in [3.05, 3.63) is 35.4 Å². The van der Waals surface area contributed by atoms with Crippen molar-refractivity contribution in [3.63, 3.8) is 0 Å². The van der Waals surface area contributed by atoms with Crippen molar-refractivity contribution in [2.24, 2.45) is 5.92 Å². The lowest BCUT2D eigenvalue weighted by Gasteiger charge is -2.18. The number of aryl methyl sites for hydroxylation is 1. The molecule has 0 saturated carbocycles. The first-order valence-electron chi connectivity index (χ1n) is 5.61. The van der Waals surface area contributed by atoms with Gasteiger partial charge in [0.2, 0.25) is 0 Å². The van der Waals surface area contributed by atoms with Crippen LogP contribution in [0.15, 0.2) is 24.3 Å². The molecule has 1 N–H and O–H groups in total. The van der Waals surface area contributed by atoms with Crippen molar-refractivity contribution >= 4 is 0 Å². The molecule has 0 aliphatic carbocycles. The predicted molar refractivity (Wildman–Crippen MR) is 60.3 cm³/mol. The number of nitrogens with one attached hydrogen (secondary N) is 1. The zero-order chi connectivity index (χ0) is 9.97. The summed E-state index contributed by atoms with van der Waals surface area (Å²) < 4.78 is 0. The molecule has 0 spiro atoms. The minimum atomic E-state index is 0.597. The van der Waals surface area contributed by atoms with Gasteiger partial charge in [-0.25, -0.2) is 0 Å². The largest absolute Gasteiger partial charge is 0.310 e. The molecule has 14 heavy (non-hydrogen) atoms. The molecule has 1 saturated heterocycles. The number of rotatable bonds is 2. The van der Waals surface area contributed by atoms with Gasteiger partial charge in [0.05, 0.1) is 0 Å². The van der Waals surface area contributed by atoms with Gasteiger partial charge in [-0.1, -0.05) is 43.2 Å². The minimum absolute atomic E-state index is 0.597. The van der Waals surface area contributed by atoms with Crippen LogP contribution in [0.4, 0.5) is 0 Å². The standard InChI is InChI=1S/C13H19N/c1-3-11-7-8-14-13(11)12-6-4-5-10(2)9-12/h4-6,9,11,13-14H,3,7-8H2,1-2H3. The van der Waals surface area contributed by atoms with Crippen LogP contribution >= 0.6 is 0 Å². The van der Waals surface area contributed by atoms with Crippen molar-refractivity contribution in [1.82, 2.24) is 5.32 Å². The Kier molecular flexibility index (Phi) is 2.87. The third kappa shape index (κ3) is 1.83. The van der Waals surface area contributed by atoms with Crippen molar-refractivity contribution in [2.45, 2.75) is 32.7 Å². The summed E-state index contributed by atoms with van der Waals surface area (Å²) in [7, 11) is 0. The maximum absolute atomic E-state index is 3.60. The summed E-state index contributed by atoms with van der Waals surface area (Å²) in [5.41, 5.74) is 2.83.